The zero-order valence-electron chi connectivity index (χ0n) is 11.8. The molecule has 0 saturated heterocycles. The lowest BCUT2D eigenvalue weighted by atomic mass is 10.0. The van der Waals surface area contributed by atoms with Crippen molar-refractivity contribution in [2.24, 2.45) is 0 Å². The minimum absolute atomic E-state index is 0.0352. The summed E-state index contributed by atoms with van der Waals surface area (Å²) in [5.74, 6) is -0.674. The SMILES string of the molecule is COC(=O)CC(Cc1ccc2[nH]c(=O)oc2c1)NC1CC1. The molecule has 1 atom stereocenters. The van der Waals surface area contributed by atoms with Gasteiger partial charge in [-0.15, -0.1) is 0 Å². The molecule has 0 aliphatic heterocycles. The normalized spacial score (nSPS) is 16.0. The number of aromatic amines is 1. The van der Waals surface area contributed by atoms with Crippen molar-refractivity contribution in [1.29, 1.82) is 0 Å². The molecule has 1 heterocycles. The van der Waals surface area contributed by atoms with Crippen LogP contribution in [0.15, 0.2) is 27.4 Å². The van der Waals surface area contributed by atoms with Crippen LogP contribution >= 0.6 is 0 Å². The molecular formula is C15H18N2O4. The summed E-state index contributed by atoms with van der Waals surface area (Å²) >= 11 is 0. The summed E-state index contributed by atoms with van der Waals surface area (Å²) in [5, 5.41) is 3.46. The number of H-pyrrole nitrogens is 1. The fraction of sp³-hybridized carbons (Fsp3) is 0.467. The molecule has 0 amide bonds. The third-order valence-electron chi connectivity index (χ3n) is 3.66. The smallest absolute Gasteiger partial charge is 0.417 e. The van der Waals surface area contributed by atoms with Gasteiger partial charge in [-0.1, -0.05) is 6.07 Å². The Kier molecular flexibility index (Phi) is 3.79. The highest BCUT2D eigenvalue weighted by atomic mass is 16.5. The summed E-state index contributed by atoms with van der Waals surface area (Å²) in [6.07, 6.45) is 3.34. The molecule has 1 saturated carbocycles. The number of benzene rings is 1. The molecule has 2 aromatic rings. The molecule has 1 aliphatic carbocycles. The summed E-state index contributed by atoms with van der Waals surface area (Å²) < 4.78 is 9.81. The highest BCUT2D eigenvalue weighted by molar-refractivity contribution is 5.73. The van der Waals surface area contributed by atoms with Crippen molar-refractivity contribution in [2.75, 3.05) is 7.11 Å². The fourth-order valence-electron chi connectivity index (χ4n) is 2.46. The first kappa shape index (κ1) is 13.9. The average molecular weight is 290 g/mol. The number of oxazole rings is 1. The molecule has 6 heteroatoms. The standard InChI is InChI=1S/C15H18N2O4/c1-20-14(18)8-11(16-10-3-4-10)6-9-2-5-12-13(7-9)21-15(19)17-12/h2,5,7,10-11,16H,3-4,6,8H2,1H3,(H,17,19). The molecule has 1 fully saturated rings. The van der Waals surface area contributed by atoms with E-state index in [1.165, 1.54) is 7.11 Å². The van der Waals surface area contributed by atoms with E-state index in [4.69, 9.17) is 9.15 Å². The van der Waals surface area contributed by atoms with E-state index in [1.807, 2.05) is 18.2 Å². The number of nitrogens with one attached hydrogen (secondary N) is 2. The van der Waals surface area contributed by atoms with Crippen molar-refractivity contribution in [3.05, 3.63) is 34.3 Å². The lowest BCUT2D eigenvalue weighted by Crippen LogP contribution is -2.35. The number of hydrogen-bond donors (Lipinski definition) is 2. The minimum Gasteiger partial charge on any atom is -0.469 e. The van der Waals surface area contributed by atoms with E-state index < -0.39 is 5.76 Å². The van der Waals surface area contributed by atoms with Crippen LogP contribution in [0.25, 0.3) is 11.1 Å². The molecule has 2 N–H and O–H groups in total. The second-order valence-electron chi connectivity index (χ2n) is 5.47. The number of methoxy groups -OCH3 is 1. The maximum Gasteiger partial charge on any atom is 0.417 e. The summed E-state index contributed by atoms with van der Waals surface area (Å²) in [6.45, 7) is 0. The Morgan fingerprint density at radius 3 is 3.05 bits per heavy atom. The van der Waals surface area contributed by atoms with Crippen LogP contribution in [0.5, 0.6) is 0 Å². The Hall–Kier alpha value is -2.08. The van der Waals surface area contributed by atoms with Gasteiger partial charge in [0.2, 0.25) is 0 Å². The van der Waals surface area contributed by atoms with Crippen LogP contribution in [0.2, 0.25) is 0 Å². The van der Waals surface area contributed by atoms with Gasteiger partial charge in [0.25, 0.3) is 0 Å². The van der Waals surface area contributed by atoms with E-state index in [0.29, 0.717) is 30.0 Å². The third kappa shape index (κ3) is 3.52. The maximum atomic E-state index is 11.5. The zero-order valence-corrected chi connectivity index (χ0v) is 11.8. The van der Waals surface area contributed by atoms with Gasteiger partial charge in [0.1, 0.15) is 0 Å². The molecule has 0 bridgehead atoms. The van der Waals surface area contributed by atoms with Gasteiger partial charge in [-0.2, -0.15) is 0 Å². The Morgan fingerprint density at radius 2 is 2.33 bits per heavy atom. The highest BCUT2D eigenvalue weighted by Crippen LogP contribution is 2.22. The molecular weight excluding hydrogens is 272 g/mol. The van der Waals surface area contributed by atoms with Gasteiger partial charge in [0.05, 0.1) is 19.0 Å². The van der Waals surface area contributed by atoms with Crippen molar-refractivity contribution >= 4 is 17.1 Å². The predicted octanol–water partition coefficient (Wildman–Crippen LogP) is 1.35. The third-order valence-corrected chi connectivity index (χ3v) is 3.66. The number of fused-ring (bicyclic) bond motifs is 1. The van der Waals surface area contributed by atoms with Crippen molar-refractivity contribution in [2.45, 2.75) is 37.8 Å². The second-order valence-corrected chi connectivity index (χ2v) is 5.47. The van der Waals surface area contributed by atoms with Crippen LogP contribution in [0.4, 0.5) is 0 Å². The first-order chi connectivity index (χ1) is 10.1. The van der Waals surface area contributed by atoms with E-state index in [2.05, 4.69) is 10.3 Å². The van der Waals surface area contributed by atoms with Crippen LogP contribution < -0.4 is 11.1 Å². The van der Waals surface area contributed by atoms with Gasteiger partial charge >= 0.3 is 11.7 Å². The number of hydrogen-bond acceptors (Lipinski definition) is 5. The lowest BCUT2D eigenvalue weighted by Gasteiger charge is -2.17. The maximum absolute atomic E-state index is 11.5. The van der Waals surface area contributed by atoms with Crippen LogP contribution in [0, 0.1) is 0 Å². The average Bonchev–Trinajstić information content (AvgIpc) is 3.17. The summed E-state index contributed by atoms with van der Waals surface area (Å²) in [5.41, 5.74) is 2.25. The van der Waals surface area contributed by atoms with Crippen molar-refractivity contribution < 1.29 is 13.9 Å². The molecule has 6 nitrogen and oxygen atoms in total. The Bertz CT molecular complexity index is 699. The van der Waals surface area contributed by atoms with Crippen LogP contribution in [-0.4, -0.2) is 30.1 Å². The van der Waals surface area contributed by atoms with Gasteiger partial charge < -0.3 is 14.5 Å². The second kappa shape index (κ2) is 5.73. The van der Waals surface area contributed by atoms with Crippen LogP contribution in [0.1, 0.15) is 24.8 Å². The van der Waals surface area contributed by atoms with Gasteiger partial charge in [-0.05, 0) is 37.0 Å². The Morgan fingerprint density at radius 1 is 1.52 bits per heavy atom. The minimum atomic E-state index is -0.454. The number of rotatable bonds is 6. The van der Waals surface area contributed by atoms with E-state index in [-0.39, 0.29) is 12.0 Å². The topological polar surface area (TPSA) is 84.3 Å². The van der Waals surface area contributed by atoms with Gasteiger partial charge in [0.15, 0.2) is 5.58 Å². The molecule has 3 rings (SSSR count). The number of carbonyl (C=O) groups is 1. The zero-order chi connectivity index (χ0) is 14.8. The van der Waals surface area contributed by atoms with Crippen LogP contribution in [0.3, 0.4) is 0 Å². The largest absolute Gasteiger partial charge is 0.469 e. The molecule has 1 aliphatic rings. The molecule has 1 aromatic carbocycles. The van der Waals surface area contributed by atoms with Crippen molar-refractivity contribution in [3.8, 4) is 0 Å². The summed E-state index contributed by atoms with van der Waals surface area (Å²) in [6, 6.07) is 6.14. The summed E-state index contributed by atoms with van der Waals surface area (Å²) in [7, 11) is 1.40. The Balaban J connectivity index is 1.75. The predicted molar refractivity (Wildman–Crippen MR) is 77.1 cm³/mol. The van der Waals surface area contributed by atoms with E-state index >= 15 is 0 Å². The van der Waals surface area contributed by atoms with E-state index in [0.717, 1.165) is 18.4 Å². The number of ether oxygens (including phenoxy) is 1. The molecule has 1 aromatic heterocycles. The fourth-order valence-corrected chi connectivity index (χ4v) is 2.46. The number of esters is 1. The monoisotopic (exact) mass is 290 g/mol. The highest BCUT2D eigenvalue weighted by Gasteiger charge is 2.26. The first-order valence-corrected chi connectivity index (χ1v) is 7.08. The van der Waals surface area contributed by atoms with E-state index in [9.17, 15) is 9.59 Å². The molecule has 0 spiro atoms. The number of carbonyl (C=O) groups excluding carboxylic acids is 1. The van der Waals surface area contributed by atoms with Gasteiger partial charge in [-0.25, -0.2) is 4.79 Å². The van der Waals surface area contributed by atoms with Gasteiger partial charge in [-0.3, -0.25) is 9.78 Å². The lowest BCUT2D eigenvalue weighted by molar-refractivity contribution is -0.141. The molecule has 21 heavy (non-hydrogen) atoms. The number of aromatic nitrogens is 1. The van der Waals surface area contributed by atoms with Crippen molar-refractivity contribution in [1.82, 2.24) is 10.3 Å². The van der Waals surface area contributed by atoms with Gasteiger partial charge in [0, 0.05) is 12.1 Å². The molecule has 112 valence electrons. The van der Waals surface area contributed by atoms with E-state index in [1.54, 1.807) is 0 Å². The van der Waals surface area contributed by atoms with Crippen LogP contribution in [-0.2, 0) is 16.0 Å². The van der Waals surface area contributed by atoms with Crippen molar-refractivity contribution in [3.63, 3.8) is 0 Å². The molecule has 0 radical (unpaired) electrons. The quantitative estimate of drug-likeness (QED) is 0.784. The first-order valence-electron chi connectivity index (χ1n) is 7.08. The Labute approximate surface area is 121 Å². The molecule has 1 unspecified atom stereocenters. The summed E-state index contributed by atoms with van der Waals surface area (Å²) in [4.78, 5) is 25.3.